The zero-order valence-corrected chi connectivity index (χ0v) is 14.3. The molecule has 3 rings (SSSR count). The van der Waals surface area contributed by atoms with Gasteiger partial charge in [-0.15, -0.1) is 0 Å². The van der Waals surface area contributed by atoms with E-state index in [0.29, 0.717) is 11.5 Å². The van der Waals surface area contributed by atoms with Crippen LogP contribution in [-0.2, 0) is 0 Å². The van der Waals surface area contributed by atoms with Gasteiger partial charge >= 0.3 is 0 Å². The number of nitrogens with zero attached hydrogens (tertiary/aromatic N) is 3. The molecular formula is C19H25N3O. The smallest absolute Gasteiger partial charge is 0.253 e. The fourth-order valence-electron chi connectivity index (χ4n) is 3.42. The van der Waals surface area contributed by atoms with Crippen LogP contribution in [0.3, 0.4) is 0 Å². The van der Waals surface area contributed by atoms with Crippen molar-refractivity contribution in [1.82, 2.24) is 14.9 Å². The number of fused-ring (bicyclic) bond motifs is 1. The Hall–Kier alpha value is -1.97. The van der Waals surface area contributed by atoms with Gasteiger partial charge in [-0.3, -0.25) is 4.79 Å². The summed E-state index contributed by atoms with van der Waals surface area (Å²) in [6.07, 6.45) is 6.45. The molecule has 122 valence electrons. The Balaban J connectivity index is 1.78. The van der Waals surface area contributed by atoms with Crippen molar-refractivity contribution >= 4 is 16.9 Å². The lowest BCUT2D eigenvalue weighted by Gasteiger charge is -2.27. The van der Waals surface area contributed by atoms with Crippen molar-refractivity contribution < 1.29 is 4.79 Å². The third kappa shape index (κ3) is 3.52. The van der Waals surface area contributed by atoms with Gasteiger partial charge in [0.2, 0.25) is 0 Å². The van der Waals surface area contributed by atoms with Crippen molar-refractivity contribution in [2.45, 2.75) is 46.0 Å². The first kappa shape index (κ1) is 15.9. The summed E-state index contributed by atoms with van der Waals surface area (Å²) in [4.78, 5) is 23.6. The molecule has 0 spiro atoms. The van der Waals surface area contributed by atoms with Gasteiger partial charge in [-0.05, 0) is 50.8 Å². The Morgan fingerprint density at radius 3 is 2.43 bits per heavy atom. The van der Waals surface area contributed by atoms with Crippen LogP contribution >= 0.6 is 0 Å². The molecule has 4 heteroatoms. The number of hydrogen-bond acceptors (Lipinski definition) is 3. The zero-order chi connectivity index (χ0) is 16.4. The van der Waals surface area contributed by atoms with E-state index >= 15 is 0 Å². The normalized spacial score (nSPS) is 15.8. The maximum atomic E-state index is 12.7. The standard InChI is InChI=1S/C19H25N3O/c1-13-14(2)21-18-11-16(9-10-17(18)20-13)19(23)22(3)12-15-7-5-4-6-8-15/h9-11,15H,4-8,12H2,1-3H3. The van der Waals surface area contributed by atoms with Crippen LogP contribution in [0.25, 0.3) is 11.0 Å². The topological polar surface area (TPSA) is 46.1 Å². The molecule has 1 aromatic heterocycles. The van der Waals surface area contributed by atoms with Crippen molar-refractivity contribution in [3.05, 3.63) is 35.2 Å². The maximum Gasteiger partial charge on any atom is 0.253 e. The van der Waals surface area contributed by atoms with E-state index in [-0.39, 0.29) is 5.91 Å². The van der Waals surface area contributed by atoms with E-state index in [2.05, 4.69) is 9.97 Å². The van der Waals surface area contributed by atoms with Gasteiger partial charge in [-0.25, -0.2) is 9.97 Å². The molecule has 4 nitrogen and oxygen atoms in total. The van der Waals surface area contributed by atoms with Crippen LogP contribution < -0.4 is 0 Å². The van der Waals surface area contributed by atoms with E-state index in [9.17, 15) is 4.79 Å². The second kappa shape index (κ2) is 6.65. The first-order valence-corrected chi connectivity index (χ1v) is 8.55. The predicted molar refractivity (Wildman–Crippen MR) is 92.5 cm³/mol. The lowest BCUT2D eigenvalue weighted by molar-refractivity contribution is 0.0760. The highest BCUT2D eigenvalue weighted by molar-refractivity contribution is 5.97. The summed E-state index contributed by atoms with van der Waals surface area (Å²) in [5, 5.41) is 0. The number of carbonyl (C=O) groups is 1. The molecule has 1 fully saturated rings. The second-order valence-corrected chi connectivity index (χ2v) is 6.79. The van der Waals surface area contributed by atoms with Crippen LogP contribution in [-0.4, -0.2) is 34.4 Å². The molecule has 1 aliphatic carbocycles. The molecule has 0 N–H and O–H groups in total. The van der Waals surface area contributed by atoms with Crippen LogP contribution in [0.5, 0.6) is 0 Å². The molecule has 0 unspecified atom stereocenters. The van der Waals surface area contributed by atoms with E-state index in [1.165, 1.54) is 32.1 Å². The average Bonchev–Trinajstić information content (AvgIpc) is 2.55. The van der Waals surface area contributed by atoms with Crippen LogP contribution in [0.15, 0.2) is 18.2 Å². The quantitative estimate of drug-likeness (QED) is 0.863. The zero-order valence-electron chi connectivity index (χ0n) is 14.3. The van der Waals surface area contributed by atoms with E-state index < -0.39 is 0 Å². The molecule has 0 bridgehead atoms. The second-order valence-electron chi connectivity index (χ2n) is 6.79. The first-order chi connectivity index (χ1) is 11.0. The summed E-state index contributed by atoms with van der Waals surface area (Å²) >= 11 is 0. The van der Waals surface area contributed by atoms with Gasteiger partial charge in [0.15, 0.2) is 0 Å². The molecule has 1 aliphatic rings. The molecule has 1 heterocycles. The van der Waals surface area contributed by atoms with Gasteiger partial charge in [0.1, 0.15) is 0 Å². The van der Waals surface area contributed by atoms with Gasteiger partial charge in [0, 0.05) is 19.2 Å². The fourth-order valence-corrected chi connectivity index (χ4v) is 3.42. The lowest BCUT2D eigenvalue weighted by Crippen LogP contribution is -2.32. The third-order valence-electron chi connectivity index (χ3n) is 4.93. The number of hydrogen-bond donors (Lipinski definition) is 0. The summed E-state index contributed by atoms with van der Waals surface area (Å²) in [6.45, 7) is 4.76. The van der Waals surface area contributed by atoms with Crippen molar-refractivity contribution in [1.29, 1.82) is 0 Å². The highest BCUT2D eigenvalue weighted by Crippen LogP contribution is 2.24. The van der Waals surface area contributed by atoms with Crippen molar-refractivity contribution in [2.75, 3.05) is 13.6 Å². The minimum Gasteiger partial charge on any atom is -0.341 e. The molecule has 1 aromatic carbocycles. The third-order valence-corrected chi connectivity index (χ3v) is 4.93. The largest absolute Gasteiger partial charge is 0.341 e. The molecular weight excluding hydrogens is 286 g/mol. The predicted octanol–water partition coefficient (Wildman–Crippen LogP) is 3.90. The van der Waals surface area contributed by atoms with Crippen molar-refractivity contribution in [3.8, 4) is 0 Å². The molecule has 23 heavy (non-hydrogen) atoms. The molecule has 0 saturated heterocycles. The number of benzene rings is 1. The summed E-state index contributed by atoms with van der Waals surface area (Å²) < 4.78 is 0. The molecule has 0 radical (unpaired) electrons. The number of rotatable bonds is 3. The van der Waals surface area contributed by atoms with Gasteiger partial charge in [0.05, 0.1) is 22.4 Å². The highest BCUT2D eigenvalue weighted by Gasteiger charge is 2.19. The summed E-state index contributed by atoms with van der Waals surface area (Å²) in [5.74, 6) is 0.736. The summed E-state index contributed by atoms with van der Waals surface area (Å²) in [5.41, 5.74) is 4.20. The Bertz CT molecular complexity index is 720. The summed E-state index contributed by atoms with van der Waals surface area (Å²) in [7, 11) is 1.91. The lowest BCUT2D eigenvalue weighted by atomic mass is 9.89. The van der Waals surface area contributed by atoms with Crippen LogP contribution in [0, 0.1) is 19.8 Å². The van der Waals surface area contributed by atoms with Crippen molar-refractivity contribution in [2.24, 2.45) is 5.92 Å². The van der Waals surface area contributed by atoms with Crippen LogP contribution in [0.2, 0.25) is 0 Å². The van der Waals surface area contributed by atoms with E-state index in [0.717, 1.165) is 29.0 Å². The van der Waals surface area contributed by atoms with Crippen molar-refractivity contribution in [3.63, 3.8) is 0 Å². The molecule has 0 aliphatic heterocycles. The first-order valence-electron chi connectivity index (χ1n) is 8.55. The molecule has 1 saturated carbocycles. The number of aryl methyl sites for hydroxylation is 2. The molecule has 1 amide bonds. The molecule has 0 atom stereocenters. The molecule has 2 aromatic rings. The minimum absolute atomic E-state index is 0.0810. The Morgan fingerprint density at radius 2 is 1.74 bits per heavy atom. The number of carbonyl (C=O) groups excluding carboxylic acids is 1. The van der Waals surface area contributed by atoms with Gasteiger partial charge < -0.3 is 4.90 Å². The monoisotopic (exact) mass is 311 g/mol. The maximum absolute atomic E-state index is 12.7. The number of amides is 1. The minimum atomic E-state index is 0.0810. The SMILES string of the molecule is Cc1nc2ccc(C(=O)N(C)CC3CCCCC3)cc2nc1C. The van der Waals surface area contributed by atoms with E-state index in [1.54, 1.807) is 0 Å². The highest BCUT2D eigenvalue weighted by atomic mass is 16.2. The van der Waals surface area contributed by atoms with Gasteiger partial charge in [0.25, 0.3) is 5.91 Å². The van der Waals surface area contributed by atoms with Crippen LogP contribution in [0.4, 0.5) is 0 Å². The van der Waals surface area contributed by atoms with E-state index in [4.69, 9.17) is 0 Å². The van der Waals surface area contributed by atoms with Crippen LogP contribution in [0.1, 0.15) is 53.8 Å². The fraction of sp³-hybridized carbons (Fsp3) is 0.526. The summed E-state index contributed by atoms with van der Waals surface area (Å²) in [6, 6.07) is 5.64. The Kier molecular flexibility index (Phi) is 4.60. The van der Waals surface area contributed by atoms with E-state index in [1.807, 2.05) is 44.0 Å². The Labute approximate surface area is 137 Å². The number of aromatic nitrogens is 2. The average molecular weight is 311 g/mol. The van der Waals surface area contributed by atoms with Gasteiger partial charge in [-0.1, -0.05) is 19.3 Å². The Morgan fingerprint density at radius 1 is 1.09 bits per heavy atom. The van der Waals surface area contributed by atoms with Gasteiger partial charge in [-0.2, -0.15) is 0 Å².